The number of aliphatic carboxylic acids is 1. The number of aliphatic hydroxyl groups is 2. The minimum atomic E-state index is -0.679. The Morgan fingerprint density at radius 2 is 1.61 bits per heavy atom. The van der Waals surface area contributed by atoms with E-state index in [1.165, 1.54) is 25.7 Å². The van der Waals surface area contributed by atoms with Gasteiger partial charge < -0.3 is 15.3 Å². The van der Waals surface area contributed by atoms with E-state index < -0.39 is 5.97 Å². The average molecular weight is 435 g/mol. The molecule has 0 aliphatic heterocycles. The molecule has 0 aromatic rings. The van der Waals surface area contributed by atoms with Crippen molar-refractivity contribution in [2.45, 2.75) is 105 Å². The summed E-state index contributed by atoms with van der Waals surface area (Å²) < 4.78 is 0. The molecule has 12 atom stereocenters. The van der Waals surface area contributed by atoms with Gasteiger partial charge in [0.05, 0.1) is 18.1 Å². The minimum absolute atomic E-state index is 0.197. The smallest absolute Gasteiger partial charge is 0.306 e. The molecular formula is C27H46O4. The van der Waals surface area contributed by atoms with Gasteiger partial charge in [-0.3, -0.25) is 4.79 Å². The lowest BCUT2D eigenvalue weighted by Gasteiger charge is -2.64. The van der Waals surface area contributed by atoms with Crippen LogP contribution in [0.2, 0.25) is 0 Å². The molecule has 0 amide bonds. The van der Waals surface area contributed by atoms with E-state index in [4.69, 9.17) is 0 Å². The summed E-state index contributed by atoms with van der Waals surface area (Å²) in [5.74, 6) is 2.23. The predicted octanol–water partition coefficient (Wildman–Crippen LogP) is 5.36. The molecule has 31 heavy (non-hydrogen) atoms. The van der Waals surface area contributed by atoms with Crippen LogP contribution in [0.3, 0.4) is 0 Å². The van der Waals surface area contributed by atoms with Crippen molar-refractivity contribution in [2.24, 2.45) is 58.2 Å². The number of fused-ring (bicyclic) bond motifs is 5. The van der Waals surface area contributed by atoms with Gasteiger partial charge in [-0.1, -0.05) is 41.0 Å². The fourth-order valence-electron chi connectivity index (χ4n) is 9.76. The van der Waals surface area contributed by atoms with Gasteiger partial charge in [0.1, 0.15) is 0 Å². The van der Waals surface area contributed by atoms with Crippen LogP contribution in [0.4, 0.5) is 0 Å². The maximum absolute atomic E-state index is 11.7. The van der Waals surface area contributed by atoms with Crippen molar-refractivity contribution in [3.63, 3.8) is 0 Å². The number of carboxylic acids is 1. The summed E-state index contributed by atoms with van der Waals surface area (Å²) in [5.41, 5.74) is 0.460. The zero-order valence-corrected chi connectivity index (χ0v) is 20.4. The Labute approximate surface area is 189 Å². The van der Waals surface area contributed by atoms with Gasteiger partial charge in [0, 0.05) is 0 Å². The second-order valence-corrected chi connectivity index (χ2v) is 12.6. The van der Waals surface area contributed by atoms with E-state index in [1.807, 2.05) is 6.92 Å². The first-order valence-electron chi connectivity index (χ1n) is 13.1. The molecule has 0 heterocycles. The van der Waals surface area contributed by atoms with E-state index in [0.717, 1.165) is 32.1 Å². The Morgan fingerprint density at radius 1 is 0.968 bits per heavy atom. The Kier molecular flexibility index (Phi) is 6.31. The van der Waals surface area contributed by atoms with Gasteiger partial charge in [-0.15, -0.1) is 0 Å². The van der Waals surface area contributed by atoms with Gasteiger partial charge in [0.2, 0.25) is 0 Å². The molecule has 0 aromatic carbocycles. The zero-order chi connectivity index (χ0) is 22.7. The number of rotatable bonds is 5. The van der Waals surface area contributed by atoms with E-state index in [-0.39, 0.29) is 29.0 Å². The molecule has 4 aliphatic rings. The number of carboxylic acid groups (broad SMARTS) is 1. The maximum atomic E-state index is 11.7. The normalized spacial score (nSPS) is 51.3. The maximum Gasteiger partial charge on any atom is 0.306 e. The van der Waals surface area contributed by atoms with Gasteiger partial charge in [-0.2, -0.15) is 0 Å². The van der Waals surface area contributed by atoms with Crippen LogP contribution < -0.4 is 0 Å². The van der Waals surface area contributed by atoms with Crippen molar-refractivity contribution in [1.82, 2.24) is 0 Å². The summed E-state index contributed by atoms with van der Waals surface area (Å²) in [5, 5.41) is 31.6. The van der Waals surface area contributed by atoms with Gasteiger partial charge in [0.25, 0.3) is 0 Å². The first-order valence-corrected chi connectivity index (χ1v) is 13.1. The molecule has 0 bridgehead atoms. The molecule has 178 valence electrons. The van der Waals surface area contributed by atoms with Crippen LogP contribution in [0, 0.1) is 58.2 Å². The van der Waals surface area contributed by atoms with Gasteiger partial charge >= 0.3 is 5.97 Å². The van der Waals surface area contributed by atoms with Crippen LogP contribution in [-0.4, -0.2) is 33.5 Å². The van der Waals surface area contributed by atoms with Crippen molar-refractivity contribution in [1.29, 1.82) is 0 Å². The highest BCUT2D eigenvalue weighted by molar-refractivity contribution is 5.69. The summed E-state index contributed by atoms with van der Waals surface area (Å²) in [4.78, 5) is 11.5. The Hall–Kier alpha value is -0.610. The lowest BCUT2D eigenvalue weighted by molar-refractivity contribution is -0.203. The quantitative estimate of drug-likeness (QED) is 0.544. The van der Waals surface area contributed by atoms with Crippen LogP contribution in [0.1, 0.15) is 92.4 Å². The Balaban J connectivity index is 1.61. The van der Waals surface area contributed by atoms with Gasteiger partial charge in [0.15, 0.2) is 0 Å². The first-order chi connectivity index (χ1) is 14.5. The molecule has 0 aromatic heterocycles. The van der Waals surface area contributed by atoms with Crippen molar-refractivity contribution in [3.8, 4) is 0 Å². The third-order valence-corrected chi connectivity index (χ3v) is 11.3. The van der Waals surface area contributed by atoms with Crippen LogP contribution in [0.25, 0.3) is 0 Å². The average Bonchev–Trinajstić information content (AvgIpc) is 3.06. The van der Waals surface area contributed by atoms with Gasteiger partial charge in [-0.25, -0.2) is 0 Å². The lowest BCUT2D eigenvalue weighted by atomic mass is 9.41. The van der Waals surface area contributed by atoms with Crippen molar-refractivity contribution < 1.29 is 20.1 Å². The van der Waals surface area contributed by atoms with E-state index in [1.54, 1.807) is 0 Å². The molecular weight excluding hydrogens is 388 g/mol. The molecule has 4 nitrogen and oxygen atoms in total. The number of hydrogen-bond acceptors (Lipinski definition) is 3. The molecule has 4 rings (SSSR count). The topological polar surface area (TPSA) is 77.8 Å². The summed E-state index contributed by atoms with van der Waals surface area (Å²) in [7, 11) is 0. The van der Waals surface area contributed by atoms with Gasteiger partial charge in [-0.05, 0) is 104 Å². The number of carbonyl (C=O) groups is 1. The summed E-state index contributed by atoms with van der Waals surface area (Å²) in [6, 6.07) is 0. The predicted molar refractivity (Wildman–Crippen MR) is 122 cm³/mol. The van der Waals surface area contributed by atoms with Crippen LogP contribution in [0.5, 0.6) is 0 Å². The molecule has 0 radical (unpaired) electrons. The lowest BCUT2D eigenvalue weighted by Crippen LogP contribution is -2.62. The highest BCUT2D eigenvalue weighted by Crippen LogP contribution is 2.69. The highest BCUT2D eigenvalue weighted by Gasteiger charge is 2.64. The summed E-state index contributed by atoms with van der Waals surface area (Å²) in [6.45, 7) is 11.3. The van der Waals surface area contributed by atoms with E-state index in [2.05, 4.69) is 27.7 Å². The van der Waals surface area contributed by atoms with E-state index in [9.17, 15) is 20.1 Å². The van der Waals surface area contributed by atoms with Crippen molar-refractivity contribution in [2.75, 3.05) is 0 Å². The Bertz CT molecular complexity index is 678. The molecule has 3 N–H and O–H groups in total. The standard InChI is InChI=1S/C27H46O4/c1-6-18-22-14-17(28)9-11-27(22,5)21-10-12-26(4)19(15(2)13-16(3)25(30)31)7-8-20(26)23(21)24(18)29/h15-24,28-29H,6-14H2,1-5H3,(H,30,31)/t15-,16?,17?,18?,19-,20+,21+,22?,23+,24?,26-,27-/m1/s1. The molecule has 0 spiro atoms. The minimum Gasteiger partial charge on any atom is -0.481 e. The second-order valence-electron chi connectivity index (χ2n) is 12.6. The number of aliphatic hydroxyl groups excluding tert-OH is 2. The molecule has 4 saturated carbocycles. The molecule has 5 unspecified atom stereocenters. The highest BCUT2D eigenvalue weighted by atomic mass is 16.4. The Morgan fingerprint density at radius 3 is 2.26 bits per heavy atom. The third-order valence-electron chi connectivity index (χ3n) is 11.3. The fraction of sp³-hybridized carbons (Fsp3) is 0.963. The van der Waals surface area contributed by atoms with Crippen LogP contribution in [-0.2, 0) is 4.79 Å². The zero-order valence-electron chi connectivity index (χ0n) is 20.4. The third kappa shape index (κ3) is 3.59. The van der Waals surface area contributed by atoms with Crippen molar-refractivity contribution >= 4 is 5.97 Å². The summed E-state index contributed by atoms with van der Waals surface area (Å²) in [6.07, 6.45) is 8.95. The molecule has 4 heteroatoms. The fourth-order valence-corrected chi connectivity index (χ4v) is 9.76. The SMILES string of the molecule is CCC1C(O)[C@H]2[C@@H]3CC[C@H]([C@H](C)CC(C)C(=O)O)[C@@]3(C)CC[C@@H]2[C@@]2(C)CCC(O)CC12. The monoisotopic (exact) mass is 434 g/mol. The molecule has 4 aliphatic carbocycles. The second kappa shape index (κ2) is 8.31. The molecule has 4 fully saturated rings. The molecule has 0 saturated heterocycles. The van der Waals surface area contributed by atoms with Crippen molar-refractivity contribution in [3.05, 3.63) is 0 Å². The van der Waals surface area contributed by atoms with E-state index in [0.29, 0.717) is 41.4 Å². The van der Waals surface area contributed by atoms with Crippen LogP contribution in [0.15, 0.2) is 0 Å². The summed E-state index contributed by atoms with van der Waals surface area (Å²) >= 11 is 0. The van der Waals surface area contributed by atoms with E-state index >= 15 is 0 Å². The first kappa shape index (κ1) is 23.5. The largest absolute Gasteiger partial charge is 0.481 e. The van der Waals surface area contributed by atoms with Crippen LogP contribution >= 0.6 is 0 Å². The number of hydrogen-bond donors (Lipinski definition) is 3.